The van der Waals surface area contributed by atoms with E-state index >= 15 is 0 Å². The van der Waals surface area contributed by atoms with Crippen LogP contribution in [0.2, 0.25) is 0 Å². The topological polar surface area (TPSA) is 63.2 Å². The fourth-order valence-corrected chi connectivity index (χ4v) is 4.44. The summed E-state index contributed by atoms with van der Waals surface area (Å²) < 4.78 is 24.7. The van der Waals surface area contributed by atoms with Crippen LogP contribution in [0.1, 0.15) is 49.5 Å². The number of rotatable bonds is 8. The van der Waals surface area contributed by atoms with E-state index < -0.39 is 6.10 Å². The summed E-state index contributed by atoms with van der Waals surface area (Å²) >= 11 is 0. The van der Waals surface area contributed by atoms with Crippen molar-refractivity contribution < 1.29 is 23.8 Å². The van der Waals surface area contributed by atoms with Crippen molar-refractivity contribution in [3.63, 3.8) is 0 Å². The van der Waals surface area contributed by atoms with Crippen LogP contribution in [0.15, 0.2) is 36.4 Å². The molecule has 0 aromatic heterocycles. The average Bonchev–Trinajstić information content (AvgIpc) is 3.20. The Labute approximate surface area is 182 Å². The number of fused-ring (bicyclic) bond motifs is 1. The molecule has 0 unspecified atom stereocenters. The summed E-state index contributed by atoms with van der Waals surface area (Å²) in [6.45, 7) is 5.39. The molecule has 31 heavy (non-hydrogen) atoms. The molecule has 0 amide bonds. The van der Waals surface area contributed by atoms with Crippen LogP contribution in [-0.2, 0) is 0 Å². The highest BCUT2D eigenvalue weighted by molar-refractivity contribution is 5.43. The molecule has 2 heterocycles. The highest BCUT2D eigenvalue weighted by atomic mass is 19.1. The number of halogens is 1. The van der Waals surface area contributed by atoms with E-state index in [0.29, 0.717) is 29.8 Å². The van der Waals surface area contributed by atoms with Gasteiger partial charge < -0.3 is 24.3 Å². The zero-order valence-corrected chi connectivity index (χ0v) is 18.1. The normalized spacial score (nSPS) is 20.2. The third-order valence-electron chi connectivity index (χ3n) is 6.26. The lowest BCUT2D eigenvalue weighted by atomic mass is 9.86. The molecule has 2 atom stereocenters. The Balaban J connectivity index is 1.20. The van der Waals surface area contributed by atoms with Crippen LogP contribution >= 0.6 is 0 Å². The minimum atomic E-state index is -0.536. The Morgan fingerprint density at radius 2 is 2.00 bits per heavy atom. The first-order valence-corrected chi connectivity index (χ1v) is 11.0. The second-order valence-electron chi connectivity index (χ2n) is 8.35. The fraction of sp³-hybridized carbons (Fsp3) is 0.500. The van der Waals surface area contributed by atoms with Gasteiger partial charge in [-0.05, 0) is 69.0 Å². The number of hydrogen-bond donors (Lipinski definition) is 2. The van der Waals surface area contributed by atoms with E-state index in [9.17, 15) is 9.50 Å². The molecule has 2 N–H and O–H groups in total. The molecular formula is C24H31FN2O4. The largest absolute Gasteiger partial charge is 0.493 e. The Hall–Kier alpha value is -2.35. The molecule has 1 saturated heterocycles. The maximum absolute atomic E-state index is 13.4. The SMILES string of the molecule is COc1cc([C@@H](C)O)ccc1OCCCN1CCC([C@H]2NOc3cc(F)ccc32)CC1. The van der Waals surface area contributed by atoms with Gasteiger partial charge >= 0.3 is 0 Å². The molecule has 2 aliphatic rings. The van der Waals surface area contributed by atoms with Crippen LogP contribution in [0.5, 0.6) is 17.2 Å². The van der Waals surface area contributed by atoms with Gasteiger partial charge in [0.1, 0.15) is 5.82 Å². The summed E-state index contributed by atoms with van der Waals surface area (Å²) in [7, 11) is 1.61. The van der Waals surface area contributed by atoms with Crippen LogP contribution in [0, 0.1) is 11.7 Å². The zero-order valence-electron chi connectivity index (χ0n) is 18.1. The van der Waals surface area contributed by atoms with Crippen molar-refractivity contribution in [1.29, 1.82) is 0 Å². The van der Waals surface area contributed by atoms with Gasteiger partial charge in [-0.3, -0.25) is 0 Å². The number of hydrogen-bond acceptors (Lipinski definition) is 6. The summed E-state index contributed by atoms with van der Waals surface area (Å²) in [5.41, 5.74) is 4.96. The number of aliphatic hydroxyl groups is 1. The Morgan fingerprint density at radius 3 is 2.74 bits per heavy atom. The number of ether oxygens (including phenoxy) is 2. The number of aliphatic hydroxyl groups excluding tert-OH is 1. The molecule has 0 radical (unpaired) electrons. The Bertz CT molecular complexity index is 884. The predicted octanol–water partition coefficient (Wildman–Crippen LogP) is 4.01. The number of benzene rings is 2. The van der Waals surface area contributed by atoms with Crippen molar-refractivity contribution in [2.45, 2.75) is 38.3 Å². The summed E-state index contributed by atoms with van der Waals surface area (Å²) in [4.78, 5) is 7.96. The summed E-state index contributed by atoms with van der Waals surface area (Å²) in [6.07, 6.45) is 2.55. The number of hydroxylamine groups is 1. The molecule has 7 heteroatoms. The number of nitrogens with one attached hydrogen (secondary N) is 1. The lowest BCUT2D eigenvalue weighted by molar-refractivity contribution is 0.109. The fourth-order valence-electron chi connectivity index (χ4n) is 4.44. The van der Waals surface area contributed by atoms with Crippen molar-refractivity contribution in [3.8, 4) is 17.2 Å². The van der Waals surface area contributed by atoms with Gasteiger partial charge in [0, 0.05) is 18.2 Å². The molecule has 2 aromatic carbocycles. The molecule has 4 rings (SSSR count). The van der Waals surface area contributed by atoms with E-state index in [4.69, 9.17) is 14.3 Å². The number of nitrogens with zero attached hydrogens (tertiary/aromatic N) is 1. The minimum Gasteiger partial charge on any atom is -0.493 e. The van der Waals surface area contributed by atoms with Crippen molar-refractivity contribution >= 4 is 0 Å². The summed E-state index contributed by atoms with van der Waals surface area (Å²) in [5.74, 6) is 2.17. The Morgan fingerprint density at radius 1 is 1.19 bits per heavy atom. The minimum absolute atomic E-state index is 0.137. The van der Waals surface area contributed by atoms with E-state index in [1.807, 2.05) is 24.3 Å². The highest BCUT2D eigenvalue weighted by Crippen LogP contribution is 2.39. The molecule has 1 fully saturated rings. The monoisotopic (exact) mass is 430 g/mol. The first-order valence-electron chi connectivity index (χ1n) is 11.0. The quantitative estimate of drug-likeness (QED) is 0.617. The van der Waals surface area contributed by atoms with Gasteiger partial charge in [0.15, 0.2) is 17.2 Å². The van der Waals surface area contributed by atoms with E-state index in [1.165, 1.54) is 12.1 Å². The van der Waals surface area contributed by atoms with E-state index in [-0.39, 0.29) is 11.9 Å². The van der Waals surface area contributed by atoms with E-state index in [2.05, 4.69) is 10.4 Å². The van der Waals surface area contributed by atoms with Crippen LogP contribution in [0.4, 0.5) is 4.39 Å². The maximum Gasteiger partial charge on any atom is 0.161 e. The third kappa shape index (κ3) is 5.11. The molecule has 168 valence electrons. The number of methoxy groups -OCH3 is 1. The van der Waals surface area contributed by atoms with Crippen LogP contribution < -0.4 is 19.8 Å². The second kappa shape index (κ2) is 9.85. The van der Waals surface area contributed by atoms with Crippen LogP contribution in [0.25, 0.3) is 0 Å². The van der Waals surface area contributed by atoms with E-state index in [0.717, 1.165) is 50.0 Å². The molecule has 0 aliphatic carbocycles. The molecule has 6 nitrogen and oxygen atoms in total. The third-order valence-corrected chi connectivity index (χ3v) is 6.26. The first kappa shape index (κ1) is 21.9. The number of piperidine rings is 1. The zero-order chi connectivity index (χ0) is 21.8. The van der Waals surface area contributed by atoms with Gasteiger partial charge in [-0.15, -0.1) is 5.48 Å². The lowest BCUT2D eigenvalue weighted by Gasteiger charge is -2.34. The predicted molar refractivity (Wildman–Crippen MR) is 116 cm³/mol. The average molecular weight is 431 g/mol. The molecule has 2 aliphatic heterocycles. The van der Waals surface area contributed by atoms with Crippen molar-refractivity contribution in [2.75, 3.05) is 33.4 Å². The van der Waals surface area contributed by atoms with Gasteiger partial charge in [0.2, 0.25) is 0 Å². The van der Waals surface area contributed by atoms with Gasteiger partial charge in [-0.25, -0.2) is 4.39 Å². The smallest absolute Gasteiger partial charge is 0.161 e. The highest BCUT2D eigenvalue weighted by Gasteiger charge is 2.33. The second-order valence-corrected chi connectivity index (χ2v) is 8.35. The van der Waals surface area contributed by atoms with Crippen LogP contribution in [0.3, 0.4) is 0 Å². The Kier molecular flexibility index (Phi) is 6.95. The lowest BCUT2D eigenvalue weighted by Crippen LogP contribution is -2.38. The standard InChI is InChI=1S/C24H31FN2O4/c1-16(28)18-4-7-21(23(14-18)29-2)30-13-3-10-27-11-8-17(9-12-27)24-20-6-5-19(25)15-22(20)31-26-24/h4-7,14-17,24,26,28H,3,8-13H2,1-2H3/t16-,24-/m1/s1. The molecular weight excluding hydrogens is 399 g/mol. The molecule has 2 aromatic rings. The van der Waals surface area contributed by atoms with Crippen LogP contribution in [-0.4, -0.2) is 43.4 Å². The molecule has 0 saturated carbocycles. The first-order chi connectivity index (χ1) is 15.0. The van der Waals surface area contributed by atoms with Crippen molar-refractivity contribution in [1.82, 2.24) is 10.4 Å². The summed E-state index contributed by atoms with van der Waals surface area (Å²) in [6, 6.07) is 10.5. The summed E-state index contributed by atoms with van der Waals surface area (Å²) in [5, 5.41) is 9.71. The molecule has 0 bridgehead atoms. The van der Waals surface area contributed by atoms with Crippen molar-refractivity contribution in [3.05, 3.63) is 53.3 Å². The van der Waals surface area contributed by atoms with Gasteiger partial charge in [-0.2, -0.15) is 0 Å². The molecule has 0 spiro atoms. The van der Waals surface area contributed by atoms with Gasteiger partial charge in [0.05, 0.1) is 25.9 Å². The van der Waals surface area contributed by atoms with E-state index in [1.54, 1.807) is 14.0 Å². The van der Waals surface area contributed by atoms with Crippen molar-refractivity contribution in [2.24, 2.45) is 5.92 Å². The maximum atomic E-state index is 13.4. The van der Waals surface area contributed by atoms with Gasteiger partial charge in [-0.1, -0.05) is 12.1 Å². The number of likely N-dealkylation sites (tertiary alicyclic amines) is 1. The van der Waals surface area contributed by atoms with Gasteiger partial charge in [0.25, 0.3) is 0 Å².